The summed E-state index contributed by atoms with van der Waals surface area (Å²) in [4.78, 5) is 23.9. The fourth-order valence-corrected chi connectivity index (χ4v) is 3.91. The van der Waals surface area contributed by atoms with E-state index >= 15 is 0 Å². The molecule has 1 heterocycles. The van der Waals surface area contributed by atoms with Crippen molar-refractivity contribution in [2.45, 2.75) is 24.1 Å². The Balaban J connectivity index is 1.60. The lowest BCUT2D eigenvalue weighted by molar-refractivity contribution is -0.119. The number of alkyl halides is 2. The fraction of sp³-hybridized carbons (Fsp3) is 0.190. The summed E-state index contributed by atoms with van der Waals surface area (Å²) < 4.78 is 54.4. The van der Waals surface area contributed by atoms with Gasteiger partial charge in [-0.3, -0.25) is 4.79 Å². The quantitative estimate of drug-likeness (QED) is 0.476. The lowest BCUT2D eigenvalue weighted by atomic mass is 10.2. The van der Waals surface area contributed by atoms with Gasteiger partial charge < -0.3 is 10.1 Å². The van der Waals surface area contributed by atoms with Crippen LogP contribution in [0.2, 0.25) is 5.15 Å². The number of rotatable bonds is 8. The lowest BCUT2D eigenvalue weighted by Crippen LogP contribution is -2.21. The molecule has 3 aromatic rings. The van der Waals surface area contributed by atoms with E-state index < -0.39 is 39.0 Å². The van der Waals surface area contributed by atoms with Crippen LogP contribution < -0.4 is 5.32 Å². The van der Waals surface area contributed by atoms with Crippen LogP contribution in [-0.4, -0.2) is 42.4 Å². The van der Waals surface area contributed by atoms with Gasteiger partial charge in [0.05, 0.1) is 17.1 Å². The molecule has 0 aliphatic rings. The minimum atomic E-state index is -4.74. The number of amides is 1. The third kappa shape index (κ3) is 5.74. The third-order valence-electron chi connectivity index (χ3n) is 4.48. The largest absolute Gasteiger partial charge is 0.452 e. The molecule has 174 valence electrons. The first-order valence-electron chi connectivity index (χ1n) is 9.45. The van der Waals surface area contributed by atoms with Crippen molar-refractivity contribution < 1.29 is 31.5 Å². The summed E-state index contributed by atoms with van der Waals surface area (Å²) in [5, 5.41) is 6.68. The monoisotopic (exact) mass is 497 g/mol. The van der Waals surface area contributed by atoms with E-state index in [-0.39, 0.29) is 16.4 Å². The van der Waals surface area contributed by atoms with Crippen molar-refractivity contribution in [2.75, 3.05) is 11.9 Å². The van der Waals surface area contributed by atoms with Crippen molar-refractivity contribution in [3.8, 4) is 0 Å². The minimum absolute atomic E-state index is 0.0296. The highest BCUT2D eigenvalue weighted by Crippen LogP contribution is 2.22. The van der Waals surface area contributed by atoms with Gasteiger partial charge in [-0.2, -0.15) is 13.9 Å². The standard InChI is InChI=1S/C21H18ClF2N3O5S/c1-13-18(19(22)27(26-13)11-14-5-3-2-4-6-14)20(29)32-12-17(28)25-15-7-9-16(10-8-15)33(30,31)21(23)24/h2-10,21H,11-12H2,1H3,(H,25,28). The molecule has 0 aliphatic heterocycles. The number of hydrogen-bond acceptors (Lipinski definition) is 6. The Hall–Kier alpha value is -3.31. The molecule has 0 saturated carbocycles. The molecule has 0 saturated heterocycles. The van der Waals surface area contributed by atoms with Crippen LogP contribution in [0.3, 0.4) is 0 Å². The number of esters is 1. The molecule has 0 bridgehead atoms. The molecule has 12 heteroatoms. The Labute approximate surface area is 193 Å². The maximum absolute atomic E-state index is 12.6. The first-order chi connectivity index (χ1) is 15.6. The molecule has 0 unspecified atom stereocenters. The molecule has 33 heavy (non-hydrogen) atoms. The number of aryl methyl sites for hydroxylation is 1. The zero-order valence-corrected chi connectivity index (χ0v) is 18.7. The number of carbonyl (C=O) groups is 2. The van der Waals surface area contributed by atoms with E-state index in [1.54, 1.807) is 6.92 Å². The highest BCUT2D eigenvalue weighted by Gasteiger charge is 2.26. The smallest absolute Gasteiger partial charge is 0.343 e. The number of anilines is 1. The number of carbonyl (C=O) groups excluding carboxylic acids is 2. The zero-order chi connectivity index (χ0) is 24.2. The summed E-state index contributed by atoms with van der Waals surface area (Å²) in [6.07, 6.45) is 0. The van der Waals surface area contributed by atoms with Gasteiger partial charge in [0.2, 0.25) is 9.84 Å². The summed E-state index contributed by atoms with van der Waals surface area (Å²) in [6.45, 7) is 1.26. The van der Waals surface area contributed by atoms with Crippen LogP contribution in [0.25, 0.3) is 0 Å². The number of hydrogen-bond donors (Lipinski definition) is 1. The molecule has 0 fully saturated rings. The summed E-state index contributed by atoms with van der Waals surface area (Å²) in [5.74, 6) is -5.12. The number of nitrogens with zero attached hydrogens (tertiary/aromatic N) is 2. The SMILES string of the molecule is Cc1nn(Cc2ccccc2)c(Cl)c1C(=O)OCC(=O)Nc1ccc(S(=O)(=O)C(F)F)cc1. The van der Waals surface area contributed by atoms with Crippen LogP contribution in [0.15, 0.2) is 59.5 Å². The van der Waals surface area contributed by atoms with E-state index in [1.165, 1.54) is 4.68 Å². The van der Waals surface area contributed by atoms with Crippen LogP contribution >= 0.6 is 11.6 Å². The topological polar surface area (TPSA) is 107 Å². The molecular formula is C21H18ClF2N3O5S. The highest BCUT2D eigenvalue weighted by atomic mass is 35.5. The Morgan fingerprint density at radius 1 is 1.12 bits per heavy atom. The Kier molecular flexibility index (Phi) is 7.44. The van der Waals surface area contributed by atoms with Crippen molar-refractivity contribution >= 4 is 39.0 Å². The number of halogens is 3. The van der Waals surface area contributed by atoms with E-state index in [4.69, 9.17) is 16.3 Å². The van der Waals surface area contributed by atoms with Crippen molar-refractivity contribution in [3.05, 3.63) is 76.6 Å². The third-order valence-corrected chi connectivity index (χ3v) is 6.26. The minimum Gasteiger partial charge on any atom is -0.452 e. The Morgan fingerprint density at radius 3 is 2.36 bits per heavy atom. The van der Waals surface area contributed by atoms with Crippen LogP contribution in [0.1, 0.15) is 21.6 Å². The number of aromatic nitrogens is 2. The van der Waals surface area contributed by atoms with E-state index in [0.717, 1.165) is 29.8 Å². The maximum Gasteiger partial charge on any atom is 0.343 e. The molecule has 1 aromatic heterocycles. The van der Waals surface area contributed by atoms with Crippen molar-refractivity contribution in [1.82, 2.24) is 9.78 Å². The van der Waals surface area contributed by atoms with Crippen LogP contribution in [0.5, 0.6) is 0 Å². The molecule has 0 radical (unpaired) electrons. The zero-order valence-electron chi connectivity index (χ0n) is 17.2. The molecule has 0 spiro atoms. The first-order valence-corrected chi connectivity index (χ1v) is 11.4. The maximum atomic E-state index is 12.6. The van der Waals surface area contributed by atoms with E-state index in [9.17, 15) is 26.8 Å². The van der Waals surface area contributed by atoms with Crippen LogP contribution in [0.4, 0.5) is 14.5 Å². The molecular weight excluding hydrogens is 480 g/mol. The van der Waals surface area contributed by atoms with Gasteiger partial charge in [-0.25, -0.2) is 17.9 Å². The summed E-state index contributed by atoms with van der Waals surface area (Å²) in [6, 6.07) is 13.5. The molecule has 0 atom stereocenters. The first kappa shape index (κ1) is 24.3. The number of sulfone groups is 1. The molecule has 3 rings (SSSR count). The summed E-state index contributed by atoms with van der Waals surface area (Å²) in [5.41, 5.74) is 1.42. The molecule has 0 aliphatic carbocycles. The second kappa shape index (κ2) is 10.1. The average Bonchev–Trinajstić information content (AvgIpc) is 3.06. The average molecular weight is 498 g/mol. The second-order valence-corrected chi connectivity index (χ2v) is 9.12. The summed E-state index contributed by atoms with van der Waals surface area (Å²) >= 11 is 6.29. The fourth-order valence-electron chi connectivity index (χ4n) is 2.88. The predicted octanol–water partition coefficient (Wildman–Crippen LogP) is 3.69. The number of benzene rings is 2. The Morgan fingerprint density at radius 2 is 1.76 bits per heavy atom. The normalized spacial score (nSPS) is 11.4. The van der Waals surface area contributed by atoms with Crippen molar-refractivity contribution in [1.29, 1.82) is 0 Å². The predicted molar refractivity (Wildman–Crippen MR) is 116 cm³/mol. The van der Waals surface area contributed by atoms with E-state index in [2.05, 4.69) is 10.4 Å². The van der Waals surface area contributed by atoms with Gasteiger partial charge >= 0.3 is 11.7 Å². The summed E-state index contributed by atoms with van der Waals surface area (Å²) in [7, 11) is -4.74. The van der Waals surface area contributed by atoms with Crippen LogP contribution in [0, 0.1) is 6.92 Å². The molecule has 1 amide bonds. The highest BCUT2D eigenvalue weighted by molar-refractivity contribution is 7.91. The number of nitrogens with one attached hydrogen (secondary N) is 1. The van der Waals surface area contributed by atoms with Gasteiger partial charge in [0.25, 0.3) is 5.91 Å². The van der Waals surface area contributed by atoms with E-state index in [0.29, 0.717) is 12.2 Å². The van der Waals surface area contributed by atoms with Gasteiger partial charge in [0.15, 0.2) is 6.61 Å². The van der Waals surface area contributed by atoms with Crippen molar-refractivity contribution in [3.63, 3.8) is 0 Å². The van der Waals surface area contributed by atoms with Gasteiger partial charge in [-0.15, -0.1) is 0 Å². The second-order valence-electron chi connectivity index (χ2n) is 6.85. The van der Waals surface area contributed by atoms with Gasteiger partial charge in [-0.1, -0.05) is 41.9 Å². The van der Waals surface area contributed by atoms with Gasteiger partial charge in [0.1, 0.15) is 10.7 Å². The van der Waals surface area contributed by atoms with Crippen LogP contribution in [-0.2, 0) is 25.9 Å². The van der Waals surface area contributed by atoms with E-state index in [1.807, 2.05) is 30.3 Å². The van der Waals surface area contributed by atoms with Crippen molar-refractivity contribution in [2.24, 2.45) is 0 Å². The lowest BCUT2D eigenvalue weighted by Gasteiger charge is -2.08. The molecule has 2 aromatic carbocycles. The van der Waals surface area contributed by atoms with Gasteiger partial charge in [0, 0.05) is 5.69 Å². The molecule has 1 N–H and O–H groups in total. The van der Waals surface area contributed by atoms with Gasteiger partial charge in [-0.05, 0) is 36.8 Å². The number of ether oxygens (including phenoxy) is 1. The Bertz CT molecular complexity index is 1260. The molecule has 8 nitrogen and oxygen atoms in total.